The first-order chi connectivity index (χ1) is 15.2. The van der Waals surface area contributed by atoms with Gasteiger partial charge in [0.15, 0.2) is 0 Å². The zero-order valence-electron chi connectivity index (χ0n) is 17.3. The second-order valence-corrected chi connectivity index (χ2v) is 8.97. The molecule has 1 fully saturated rings. The van der Waals surface area contributed by atoms with E-state index in [9.17, 15) is 10.1 Å². The molecular formula is C25H22N4OS. The molecule has 2 aliphatic rings. The number of anilines is 2. The van der Waals surface area contributed by atoms with E-state index in [1.807, 2.05) is 48.2 Å². The summed E-state index contributed by atoms with van der Waals surface area (Å²) in [5.74, 6) is 1.39. The Morgan fingerprint density at radius 1 is 1.06 bits per heavy atom. The van der Waals surface area contributed by atoms with Crippen LogP contribution in [0.15, 0.2) is 53.6 Å². The van der Waals surface area contributed by atoms with Crippen molar-refractivity contribution in [2.45, 2.75) is 43.6 Å². The molecule has 1 aromatic heterocycles. The quantitative estimate of drug-likeness (QED) is 0.429. The molecule has 31 heavy (non-hydrogen) atoms. The van der Waals surface area contributed by atoms with Crippen molar-refractivity contribution in [2.24, 2.45) is 0 Å². The minimum Gasteiger partial charge on any atom is -0.280 e. The fourth-order valence-corrected chi connectivity index (χ4v) is 4.95. The second kappa shape index (κ2) is 8.16. The molecule has 2 heterocycles. The second-order valence-electron chi connectivity index (χ2n) is 8.01. The van der Waals surface area contributed by atoms with Crippen LogP contribution >= 0.6 is 11.8 Å². The summed E-state index contributed by atoms with van der Waals surface area (Å²) in [5.41, 5.74) is 5.39. The maximum Gasteiger partial charge on any atom is 0.241 e. The van der Waals surface area contributed by atoms with Crippen molar-refractivity contribution in [3.63, 3.8) is 0 Å². The summed E-state index contributed by atoms with van der Waals surface area (Å²) in [4.78, 5) is 24.5. The van der Waals surface area contributed by atoms with Gasteiger partial charge >= 0.3 is 0 Å². The lowest BCUT2D eigenvalue weighted by molar-refractivity contribution is -0.115. The molecule has 0 radical (unpaired) electrons. The van der Waals surface area contributed by atoms with E-state index in [0.717, 1.165) is 42.9 Å². The van der Waals surface area contributed by atoms with Gasteiger partial charge in [-0.1, -0.05) is 48.2 Å². The molecule has 0 N–H and O–H groups in total. The summed E-state index contributed by atoms with van der Waals surface area (Å²) in [6.07, 6.45) is 3.99. The number of aromatic nitrogens is 2. The van der Waals surface area contributed by atoms with Crippen molar-refractivity contribution in [1.82, 2.24) is 9.97 Å². The van der Waals surface area contributed by atoms with Crippen LogP contribution in [0.2, 0.25) is 0 Å². The Hall–Kier alpha value is -3.17. The fraction of sp³-hybridized carbons (Fsp3) is 0.280. The molecule has 154 valence electrons. The number of rotatable bonds is 4. The zero-order valence-corrected chi connectivity index (χ0v) is 18.2. The van der Waals surface area contributed by atoms with Crippen LogP contribution < -0.4 is 4.90 Å². The van der Waals surface area contributed by atoms with Gasteiger partial charge in [0.25, 0.3) is 0 Å². The van der Waals surface area contributed by atoms with Gasteiger partial charge in [-0.15, -0.1) is 0 Å². The van der Waals surface area contributed by atoms with Gasteiger partial charge in [-0.3, -0.25) is 9.69 Å². The number of amides is 1. The molecule has 1 saturated carbocycles. The highest BCUT2D eigenvalue weighted by Gasteiger charge is 2.29. The summed E-state index contributed by atoms with van der Waals surface area (Å²) in [6.45, 7) is 1.85. The minimum atomic E-state index is -0.0140. The number of hydrogen-bond acceptors (Lipinski definition) is 5. The van der Waals surface area contributed by atoms with Crippen molar-refractivity contribution in [3.05, 3.63) is 76.7 Å². The van der Waals surface area contributed by atoms with E-state index in [2.05, 4.69) is 28.2 Å². The summed E-state index contributed by atoms with van der Waals surface area (Å²) >= 11 is 1.34. The predicted molar refractivity (Wildman–Crippen MR) is 122 cm³/mol. The Labute approximate surface area is 186 Å². The summed E-state index contributed by atoms with van der Waals surface area (Å²) in [6, 6.07) is 18.4. The van der Waals surface area contributed by atoms with Crippen molar-refractivity contribution >= 4 is 29.0 Å². The molecular weight excluding hydrogens is 404 g/mol. The lowest BCUT2D eigenvalue weighted by Gasteiger charge is -2.25. The van der Waals surface area contributed by atoms with E-state index in [1.165, 1.54) is 22.9 Å². The van der Waals surface area contributed by atoms with Crippen molar-refractivity contribution < 1.29 is 4.79 Å². The highest BCUT2D eigenvalue weighted by molar-refractivity contribution is 8.00. The normalized spacial score (nSPS) is 14.9. The van der Waals surface area contributed by atoms with Crippen molar-refractivity contribution in [1.29, 1.82) is 5.26 Å². The van der Waals surface area contributed by atoms with Gasteiger partial charge in [0.05, 0.1) is 22.8 Å². The van der Waals surface area contributed by atoms with Crippen LogP contribution in [0.25, 0.3) is 0 Å². The number of nitrogens with zero attached hydrogens (tertiary/aromatic N) is 4. The Bertz CT molecular complexity index is 1160. The summed E-state index contributed by atoms with van der Waals surface area (Å²) in [7, 11) is 0. The SMILES string of the molecule is Cc1nc(C2CC2)nc(SCC(=O)N2c3ccccc3CCc3ccccc32)c1C#N. The monoisotopic (exact) mass is 426 g/mol. The van der Waals surface area contributed by atoms with Gasteiger partial charge in [-0.2, -0.15) is 5.26 Å². The topological polar surface area (TPSA) is 69.9 Å². The number of nitriles is 1. The Kier molecular flexibility index (Phi) is 5.21. The standard InChI is InChI=1S/C25H22N4OS/c1-16-20(14-26)25(28-24(27-16)19-12-13-19)31-15-23(30)29-21-8-4-2-6-17(21)10-11-18-7-3-5-9-22(18)29/h2-9,19H,10-13,15H2,1H3. The molecule has 6 heteroatoms. The smallest absolute Gasteiger partial charge is 0.241 e. The van der Waals surface area contributed by atoms with Crippen LogP contribution in [0.1, 0.15) is 47.0 Å². The van der Waals surface area contributed by atoms with Crippen molar-refractivity contribution in [2.75, 3.05) is 10.7 Å². The number of fused-ring (bicyclic) bond motifs is 2. The molecule has 5 rings (SSSR count). The van der Waals surface area contributed by atoms with Crippen LogP contribution in [0.3, 0.4) is 0 Å². The number of thioether (sulfide) groups is 1. The molecule has 0 spiro atoms. The number of carbonyl (C=O) groups excluding carboxylic acids is 1. The van der Waals surface area contributed by atoms with E-state index in [-0.39, 0.29) is 11.7 Å². The molecule has 5 nitrogen and oxygen atoms in total. The summed E-state index contributed by atoms with van der Waals surface area (Å²) < 4.78 is 0. The van der Waals surface area contributed by atoms with E-state index in [0.29, 0.717) is 22.2 Å². The van der Waals surface area contributed by atoms with Crippen LogP contribution in [0.5, 0.6) is 0 Å². The third kappa shape index (κ3) is 3.82. The molecule has 0 atom stereocenters. The predicted octanol–water partition coefficient (Wildman–Crippen LogP) is 5.09. The lowest BCUT2D eigenvalue weighted by Crippen LogP contribution is -2.28. The number of para-hydroxylation sites is 2. The van der Waals surface area contributed by atoms with E-state index >= 15 is 0 Å². The highest BCUT2D eigenvalue weighted by atomic mass is 32.2. The maximum absolute atomic E-state index is 13.5. The molecule has 0 saturated heterocycles. The average molecular weight is 427 g/mol. The van der Waals surface area contributed by atoms with Crippen LogP contribution in [0.4, 0.5) is 11.4 Å². The number of hydrogen-bond donors (Lipinski definition) is 0. The van der Waals surface area contributed by atoms with E-state index in [4.69, 9.17) is 0 Å². The van der Waals surface area contributed by atoms with E-state index < -0.39 is 0 Å². The van der Waals surface area contributed by atoms with Crippen LogP contribution in [0, 0.1) is 18.3 Å². The third-order valence-corrected chi connectivity index (χ3v) is 6.80. The molecule has 1 aliphatic heterocycles. The van der Waals surface area contributed by atoms with Crippen molar-refractivity contribution in [3.8, 4) is 6.07 Å². The third-order valence-electron chi connectivity index (χ3n) is 5.84. The fourth-order valence-electron chi connectivity index (χ4n) is 4.07. The maximum atomic E-state index is 13.5. The Morgan fingerprint density at radius 3 is 2.26 bits per heavy atom. The first-order valence-electron chi connectivity index (χ1n) is 10.6. The summed E-state index contributed by atoms with van der Waals surface area (Å²) in [5, 5.41) is 10.2. The van der Waals surface area contributed by atoms with Crippen LogP contribution in [-0.2, 0) is 17.6 Å². The Balaban J connectivity index is 1.47. The van der Waals surface area contributed by atoms with Gasteiger partial charge < -0.3 is 0 Å². The van der Waals surface area contributed by atoms with Gasteiger partial charge in [-0.05, 0) is 55.9 Å². The van der Waals surface area contributed by atoms with Gasteiger partial charge in [-0.25, -0.2) is 9.97 Å². The molecule has 1 amide bonds. The number of carbonyl (C=O) groups is 1. The van der Waals surface area contributed by atoms with E-state index in [1.54, 1.807) is 0 Å². The number of benzene rings is 2. The van der Waals surface area contributed by atoms with Gasteiger partial charge in [0.1, 0.15) is 22.5 Å². The molecule has 2 aromatic carbocycles. The minimum absolute atomic E-state index is 0.0140. The first kappa shape index (κ1) is 19.8. The van der Waals surface area contributed by atoms with Crippen LogP contribution in [-0.4, -0.2) is 21.6 Å². The number of aryl methyl sites for hydroxylation is 3. The molecule has 1 aliphatic carbocycles. The molecule has 3 aromatic rings. The highest BCUT2D eigenvalue weighted by Crippen LogP contribution is 2.40. The first-order valence-corrected chi connectivity index (χ1v) is 11.5. The zero-order chi connectivity index (χ0) is 21.4. The van der Waals surface area contributed by atoms with Gasteiger partial charge in [0.2, 0.25) is 5.91 Å². The Morgan fingerprint density at radius 2 is 1.68 bits per heavy atom. The average Bonchev–Trinajstić information content (AvgIpc) is 3.63. The van der Waals surface area contributed by atoms with Gasteiger partial charge in [0, 0.05) is 5.92 Å². The molecule has 0 unspecified atom stereocenters. The largest absolute Gasteiger partial charge is 0.280 e. The lowest BCUT2D eigenvalue weighted by atomic mass is 10.0. The molecule has 0 bridgehead atoms.